The molecule has 1 rings (SSSR count). The second-order valence-corrected chi connectivity index (χ2v) is 2.43. The number of carbonyl (C=O) groups is 1. The normalized spacial score (nSPS) is 9.33. The number of hydrogen-bond acceptors (Lipinski definition) is 2. The molecule has 3 nitrogen and oxygen atoms in total. The molecule has 3 heteroatoms. The highest BCUT2D eigenvalue weighted by Gasteiger charge is 1.93. The van der Waals surface area contributed by atoms with E-state index in [1.807, 2.05) is 24.3 Å². The van der Waals surface area contributed by atoms with Gasteiger partial charge in [-0.25, -0.2) is 0 Å². The summed E-state index contributed by atoms with van der Waals surface area (Å²) >= 11 is 0. The van der Waals surface area contributed by atoms with Gasteiger partial charge in [-0.2, -0.15) is 0 Å². The fourth-order valence-electron chi connectivity index (χ4n) is 0.835. The first-order chi connectivity index (χ1) is 5.79. The van der Waals surface area contributed by atoms with Gasteiger partial charge in [0.05, 0.1) is 0 Å². The lowest BCUT2D eigenvalue weighted by Crippen LogP contribution is -2.15. The van der Waals surface area contributed by atoms with Crippen LogP contribution in [0.4, 0.5) is 5.69 Å². The Balaban J connectivity index is 2.29. The summed E-state index contributed by atoms with van der Waals surface area (Å²) in [4.78, 5) is 10.4. The average Bonchev–Trinajstić information content (AvgIpc) is 2.05. The van der Waals surface area contributed by atoms with Crippen LogP contribution in [0, 0.1) is 6.07 Å². The average molecular weight is 163 g/mol. The van der Waals surface area contributed by atoms with Crippen molar-refractivity contribution in [2.45, 2.75) is 6.42 Å². The van der Waals surface area contributed by atoms with Crippen molar-refractivity contribution in [1.82, 2.24) is 0 Å². The van der Waals surface area contributed by atoms with Crippen LogP contribution in [0.25, 0.3) is 0 Å². The third-order valence-electron chi connectivity index (χ3n) is 1.42. The number of primary amides is 1. The summed E-state index contributed by atoms with van der Waals surface area (Å²) in [6.45, 7) is 0.583. The SMILES string of the molecule is NC(=O)CCNc1cc[c]cc1. The van der Waals surface area contributed by atoms with Crippen LogP contribution in [0.15, 0.2) is 24.3 Å². The van der Waals surface area contributed by atoms with Crippen LogP contribution in [-0.2, 0) is 4.79 Å². The van der Waals surface area contributed by atoms with Gasteiger partial charge in [0.15, 0.2) is 0 Å². The zero-order valence-corrected chi connectivity index (χ0v) is 6.71. The molecule has 0 aliphatic carbocycles. The Hall–Kier alpha value is -1.51. The second kappa shape index (κ2) is 4.38. The van der Waals surface area contributed by atoms with E-state index in [0.29, 0.717) is 13.0 Å². The summed E-state index contributed by atoms with van der Waals surface area (Å²) in [5.41, 5.74) is 5.95. The van der Waals surface area contributed by atoms with Crippen LogP contribution >= 0.6 is 0 Å². The topological polar surface area (TPSA) is 55.1 Å². The van der Waals surface area contributed by atoms with Gasteiger partial charge >= 0.3 is 0 Å². The standard InChI is InChI=1S/C9H11N2O/c10-9(12)6-7-11-8-4-2-1-3-5-8/h2-5,11H,6-7H2,(H2,10,12). The molecule has 0 saturated heterocycles. The number of rotatable bonds is 4. The Morgan fingerprint density at radius 1 is 1.50 bits per heavy atom. The predicted octanol–water partition coefficient (Wildman–Crippen LogP) is 0.774. The maximum atomic E-state index is 10.4. The van der Waals surface area contributed by atoms with Crippen molar-refractivity contribution in [1.29, 1.82) is 0 Å². The van der Waals surface area contributed by atoms with E-state index in [-0.39, 0.29) is 5.91 Å². The smallest absolute Gasteiger partial charge is 0.219 e. The summed E-state index contributed by atoms with van der Waals surface area (Å²) in [7, 11) is 0. The zero-order valence-electron chi connectivity index (χ0n) is 6.71. The third kappa shape index (κ3) is 3.05. The number of anilines is 1. The Morgan fingerprint density at radius 2 is 2.17 bits per heavy atom. The van der Waals surface area contributed by atoms with Gasteiger partial charge in [-0.3, -0.25) is 4.79 Å². The van der Waals surface area contributed by atoms with Crippen molar-refractivity contribution in [3.63, 3.8) is 0 Å². The fourth-order valence-corrected chi connectivity index (χ4v) is 0.835. The molecule has 0 atom stereocenters. The van der Waals surface area contributed by atoms with E-state index in [4.69, 9.17) is 5.73 Å². The second-order valence-electron chi connectivity index (χ2n) is 2.43. The molecule has 12 heavy (non-hydrogen) atoms. The van der Waals surface area contributed by atoms with Crippen molar-refractivity contribution in [2.24, 2.45) is 5.73 Å². The predicted molar refractivity (Wildman–Crippen MR) is 47.6 cm³/mol. The maximum Gasteiger partial charge on any atom is 0.219 e. The minimum absolute atomic E-state index is 0.287. The van der Waals surface area contributed by atoms with Crippen LogP contribution < -0.4 is 11.1 Å². The van der Waals surface area contributed by atoms with Gasteiger partial charge in [0.1, 0.15) is 0 Å². The number of nitrogens with one attached hydrogen (secondary N) is 1. The molecule has 0 unspecified atom stereocenters. The Bertz CT molecular complexity index is 246. The molecule has 0 spiro atoms. The molecule has 1 aromatic carbocycles. The van der Waals surface area contributed by atoms with E-state index < -0.39 is 0 Å². The fraction of sp³-hybridized carbons (Fsp3) is 0.222. The van der Waals surface area contributed by atoms with Crippen molar-refractivity contribution in [2.75, 3.05) is 11.9 Å². The highest BCUT2D eigenvalue weighted by Crippen LogP contribution is 2.03. The van der Waals surface area contributed by atoms with Crippen molar-refractivity contribution in [3.05, 3.63) is 30.3 Å². The molecule has 0 aromatic heterocycles. The van der Waals surface area contributed by atoms with Gasteiger partial charge in [0.2, 0.25) is 5.91 Å². The van der Waals surface area contributed by atoms with Crippen LogP contribution in [0.3, 0.4) is 0 Å². The molecule has 0 bridgehead atoms. The van der Waals surface area contributed by atoms with Crippen molar-refractivity contribution >= 4 is 11.6 Å². The van der Waals surface area contributed by atoms with Crippen LogP contribution in [-0.4, -0.2) is 12.5 Å². The molecule has 0 aliphatic rings. The lowest BCUT2D eigenvalue weighted by molar-refractivity contribution is -0.117. The van der Waals surface area contributed by atoms with Gasteiger partial charge in [0, 0.05) is 18.7 Å². The van der Waals surface area contributed by atoms with Gasteiger partial charge in [-0.15, -0.1) is 0 Å². The zero-order chi connectivity index (χ0) is 8.81. The summed E-state index contributed by atoms with van der Waals surface area (Å²) in [5.74, 6) is -0.287. The minimum atomic E-state index is -0.287. The van der Waals surface area contributed by atoms with Gasteiger partial charge in [-0.1, -0.05) is 12.1 Å². The highest BCUT2D eigenvalue weighted by molar-refractivity contribution is 5.74. The van der Waals surface area contributed by atoms with E-state index in [1.54, 1.807) is 0 Å². The molecule has 0 heterocycles. The number of nitrogens with two attached hydrogens (primary N) is 1. The minimum Gasteiger partial charge on any atom is -0.385 e. The van der Waals surface area contributed by atoms with Crippen LogP contribution in [0.5, 0.6) is 0 Å². The largest absolute Gasteiger partial charge is 0.385 e. The first-order valence-electron chi connectivity index (χ1n) is 3.77. The number of hydrogen-bond donors (Lipinski definition) is 2. The van der Waals surface area contributed by atoms with Gasteiger partial charge < -0.3 is 11.1 Å². The third-order valence-corrected chi connectivity index (χ3v) is 1.42. The van der Waals surface area contributed by atoms with E-state index in [9.17, 15) is 4.79 Å². The molecule has 3 N–H and O–H groups in total. The molecular weight excluding hydrogens is 152 g/mol. The quantitative estimate of drug-likeness (QED) is 0.689. The van der Waals surface area contributed by atoms with Crippen molar-refractivity contribution < 1.29 is 4.79 Å². The molecule has 1 aromatic rings. The van der Waals surface area contributed by atoms with Crippen LogP contribution in [0.1, 0.15) is 6.42 Å². The van der Waals surface area contributed by atoms with Gasteiger partial charge in [-0.05, 0) is 18.2 Å². The lowest BCUT2D eigenvalue weighted by atomic mass is 10.3. The van der Waals surface area contributed by atoms with Crippen molar-refractivity contribution in [3.8, 4) is 0 Å². The van der Waals surface area contributed by atoms with E-state index in [2.05, 4.69) is 11.4 Å². The van der Waals surface area contributed by atoms with Crippen LogP contribution in [0.2, 0.25) is 0 Å². The summed E-state index contributed by atoms with van der Waals surface area (Å²) in [6, 6.07) is 10.3. The summed E-state index contributed by atoms with van der Waals surface area (Å²) in [6.07, 6.45) is 0.360. The van der Waals surface area contributed by atoms with E-state index >= 15 is 0 Å². The Labute approximate surface area is 71.6 Å². The lowest BCUT2D eigenvalue weighted by Gasteiger charge is -2.02. The number of benzene rings is 1. The Kier molecular flexibility index (Phi) is 3.14. The summed E-state index contributed by atoms with van der Waals surface area (Å²) in [5, 5.41) is 3.06. The molecule has 0 saturated carbocycles. The monoisotopic (exact) mass is 163 g/mol. The van der Waals surface area contributed by atoms with E-state index in [0.717, 1.165) is 5.69 Å². The first-order valence-corrected chi connectivity index (χ1v) is 3.77. The molecule has 0 fully saturated rings. The first kappa shape index (κ1) is 8.59. The Morgan fingerprint density at radius 3 is 2.75 bits per heavy atom. The molecule has 1 radical (unpaired) electrons. The highest BCUT2D eigenvalue weighted by atomic mass is 16.1. The number of carbonyl (C=O) groups excluding carboxylic acids is 1. The molecular formula is C9H11N2O. The maximum absolute atomic E-state index is 10.4. The molecule has 63 valence electrons. The molecule has 1 amide bonds. The van der Waals surface area contributed by atoms with Gasteiger partial charge in [0.25, 0.3) is 0 Å². The molecule has 0 aliphatic heterocycles. The van der Waals surface area contributed by atoms with E-state index in [1.165, 1.54) is 0 Å². The number of amides is 1. The summed E-state index contributed by atoms with van der Waals surface area (Å²) < 4.78 is 0.